The Kier molecular flexibility index (Phi) is 6.95. The largest absolute Gasteiger partial charge is 0.395 e. The van der Waals surface area contributed by atoms with Gasteiger partial charge in [-0.2, -0.15) is 5.26 Å². The van der Waals surface area contributed by atoms with Crippen molar-refractivity contribution >= 4 is 17.7 Å². The fourth-order valence-electron chi connectivity index (χ4n) is 1.64. The van der Waals surface area contributed by atoms with E-state index < -0.39 is 11.4 Å². The fourth-order valence-corrected chi connectivity index (χ4v) is 1.64. The lowest BCUT2D eigenvalue weighted by atomic mass is 10.0. The normalized spacial score (nSPS) is 11.5. The maximum absolute atomic E-state index is 11.8. The molecule has 0 fully saturated rings. The summed E-state index contributed by atoms with van der Waals surface area (Å²) in [6, 6.07) is 2.97. The summed E-state index contributed by atoms with van der Waals surface area (Å²) in [5.74, 6) is -0.0127. The molecule has 0 unspecified atom stereocenters. The molecule has 1 heterocycles. The van der Waals surface area contributed by atoms with Crippen LogP contribution < -0.4 is 20.7 Å². The summed E-state index contributed by atoms with van der Waals surface area (Å²) in [4.78, 5) is 16.2. The predicted octanol–water partition coefficient (Wildman–Crippen LogP) is -0.0393. The molecule has 0 aliphatic carbocycles. The highest BCUT2D eigenvalue weighted by molar-refractivity contribution is 5.95. The van der Waals surface area contributed by atoms with E-state index >= 15 is 0 Å². The third kappa shape index (κ3) is 5.73. The average Bonchev–Trinajstić information content (AvgIpc) is 2.54. The molecule has 0 bridgehead atoms. The predicted molar refractivity (Wildman–Crippen MR) is 87.4 cm³/mol. The number of guanidine groups is 1. The lowest BCUT2D eigenvalue weighted by Gasteiger charge is -2.17. The number of hydrogen-bond donors (Lipinski definition) is 5. The molecular weight excluding hydrogens is 312 g/mol. The Morgan fingerprint density at radius 3 is 2.71 bits per heavy atom. The third-order valence-electron chi connectivity index (χ3n) is 3.29. The van der Waals surface area contributed by atoms with Crippen molar-refractivity contribution in [3.63, 3.8) is 0 Å². The van der Waals surface area contributed by atoms with Crippen molar-refractivity contribution in [2.24, 2.45) is 4.99 Å². The molecule has 9 nitrogen and oxygen atoms in total. The van der Waals surface area contributed by atoms with Crippen LogP contribution in [-0.2, 0) is 0 Å². The van der Waals surface area contributed by atoms with Crippen LogP contribution in [0.3, 0.4) is 0 Å². The van der Waals surface area contributed by atoms with Crippen LogP contribution in [0.25, 0.3) is 0 Å². The number of rotatable bonds is 6. The van der Waals surface area contributed by atoms with Crippen LogP contribution in [-0.4, -0.2) is 40.9 Å². The van der Waals surface area contributed by atoms with Gasteiger partial charge in [0, 0.05) is 12.6 Å². The Morgan fingerprint density at radius 1 is 1.46 bits per heavy atom. The quantitative estimate of drug-likeness (QED) is 0.124. The molecule has 24 heavy (non-hydrogen) atoms. The number of amides is 1. The molecule has 9 heteroatoms. The molecule has 0 aliphatic heterocycles. The van der Waals surface area contributed by atoms with Crippen molar-refractivity contribution in [3.05, 3.63) is 23.9 Å². The fraction of sp³-hybridized carbons (Fsp3) is 0.467. The first-order valence-corrected chi connectivity index (χ1v) is 7.49. The molecule has 0 saturated heterocycles. The average molecular weight is 335 g/mol. The molecule has 0 spiro atoms. The van der Waals surface area contributed by atoms with Gasteiger partial charge in [-0.15, -0.1) is 0 Å². The number of hydrogen-bond acceptors (Lipinski definition) is 5. The zero-order valence-corrected chi connectivity index (χ0v) is 14.0. The summed E-state index contributed by atoms with van der Waals surface area (Å²) < 4.78 is 0.724. The van der Waals surface area contributed by atoms with Crippen LogP contribution in [0.1, 0.15) is 37.6 Å². The van der Waals surface area contributed by atoms with Gasteiger partial charge in [-0.3, -0.25) is 4.79 Å². The van der Waals surface area contributed by atoms with Crippen LogP contribution in [0.2, 0.25) is 0 Å². The molecule has 1 rings (SSSR count). The topological polar surface area (TPSA) is 134 Å². The summed E-state index contributed by atoms with van der Waals surface area (Å²) >= 11 is 0. The summed E-state index contributed by atoms with van der Waals surface area (Å²) in [7, 11) is 0. The van der Waals surface area contributed by atoms with E-state index in [2.05, 4.69) is 20.9 Å². The molecule has 0 saturated carbocycles. The Morgan fingerprint density at radius 2 is 2.17 bits per heavy atom. The first kappa shape index (κ1) is 19.2. The maximum atomic E-state index is 11.8. The van der Waals surface area contributed by atoms with Crippen molar-refractivity contribution in [2.75, 3.05) is 18.5 Å². The van der Waals surface area contributed by atoms with E-state index in [-0.39, 0.29) is 30.5 Å². The van der Waals surface area contributed by atoms with Gasteiger partial charge in [0.15, 0.2) is 6.19 Å². The Hall–Kier alpha value is -2.86. The molecule has 0 aromatic carbocycles. The standard InChI is InChI=1S/C15H22N6O3/c1-4-15(2,3)20-14(18-10-16)19-12-6-5-11(9-21(12)24)13(23)17-7-8-22/h5-6,9,22,24H,4,7-8H2,1-3H3,(H2,17,18,20,23)/p+1. The molecule has 1 aromatic rings. The van der Waals surface area contributed by atoms with Gasteiger partial charge in [0.2, 0.25) is 0 Å². The van der Waals surface area contributed by atoms with Gasteiger partial charge in [0.05, 0.1) is 17.7 Å². The van der Waals surface area contributed by atoms with Crippen molar-refractivity contribution in [1.29, 1.82) is 5.26 Å². The van der Waals surface area contributed by atoms with Crippen molar-refractivity contribution in [2.45, 2.75) is 32.7 Å². The molecular formula is C15H23N6O3+. The highest BCUT2D eigenvalue weighted by atomic mass is 16.5. The van der Waals surface area contributed by atoms with Gasteiger partial charge in [-0.05, 0) is 26.3 Å². The second-order valence-corrected chi connectivity index (χ2v) is 5.62. The molecule has 1 amide bonds. The van der Waals surface area contributed by atoms with Gasteiger partial charge in [0.25, 0.3) is 5.91 Å². The monoisotopic (exact) mass is 335 g/mol. The third-order valence-corrected chi connectivity index (χ3v) is 3.29. The first-order valence-electron chi connectivity index (χ1n) is 7.49. The zero-order valence-electron chi connectivity index (χ0n) is 14.0. The summed E-state index contributed by atoms with van der Waals surface area (Å²) in [6.07, 6.45) is 3.76. The van der Waals surface area contributed by atoms with Crippen molar-refractivity contribution in [3.8, 4) is 6.19 Å². The lowest BCUT2D eigenvalue weighted by molar-refractivity contribution is -0.893. The van der Waals surface area contributed by atoms with E-state index in [9.17, 15) is 10.0 Å². The molecule has 0 atom stereocenters. The van der Waals surface area contributed by atoms with E-state index in [0.717, 1.165) is 11.2 Å². The van der Waals surface area contributed by atoms with Gasteiger partial charge >= 0.3 is 11.8 Å². The van der Waals surface area contributed by atoms with Gasteiger partial charge in [-0.1, -0.05) is 11.7 Å². The second kappa shape index (κ2) is 8.69. The Balaban J connectivity index is 2.97. The Labute approximate surface area is 140 Å². The van der Waals surface area contributed by atoms with Crippen molar-refractivity contribution in [1.82, 2.24) is 10.6 Å². The number of nitrogens with zero attached hydrogens (tertiary/aromatic N) is 3. The highest BCUT2D eigenvalue weighted by Gasteiger charge is 2.20. The SMILES string of the molecule is CCC(C)(C)N=C(NC#N)Nc1ccc(C(=O)NCCO)c[n+]1O. The molecule has 0 aliphatic rings. The number of nitrogens with one attached hydrogen (secondary N) is 3. The highest BCUT2D eigenvalue weighted by Crippen LogP contribution is 2.13. The summed E-state index contributed by atoms with van der Waals surface area (Å²) in [6.45, 7) is 5.75. The van der Waals surface area contributed by atoms with Crippen LogP contribution in [0.5, 0.6) is 0 Å². The molecule has 5 N–H and O–H groups in total. The smallest absolute Gasteiger partial charge is 0.321 e. The van der Waals surface area contributed by atoms with Gasteiger partial charge in [-0.25, -0.2) is 15.6 Å². The number of aliphatic hydroxyl groups excluding tert-OH is 1. The Bertz CT molecular complexity index is 651. The minimum Gasteiger partial charge on any atom is -0.395 e. The molecule has 0 radical (unpaired) electrons. The minimum absolute atomic E-state index is 0.124. The summed E-state index contributed by atoms with van der Waals surface area (Å²) in [5, 5.41) is 35.2. The maximum Gasteiger partial charge on any atom is 0.321 e. The van der Waals surface area contributed by atoms with E-state index in [0.29, 0.717) is 0 Å². The second-order valence-electron chi connectivity index (χ2n) is 5.62. The van der Waals surface area contributed by atoms with Crippen molar-refractivity contribution < 1.29 is 19.8 Å². The summed E-state index contributed by atoms with van der Waals surface area (Å²) in [5.41, 5.74) is -0.173. The van der Waals surface area contributed by atoms with E-state index in [1.165, 1.54) is 18.3 Å². The lowest BCUT2D eigenvalue weighted by Crippen LogP contribution is -2.40. The van der Waals surface area contributed by atoms with E-state index in [1.807, 2.05) is 20.8 Å². The number of aromatic nitrogens is 1. The van der Waals surface area contributed by atoms with Crippen LogP contribution in [0, 0.1) is 11.5 Å². The molecule has 130 valence electrons. The number of pyridine rings is 1. The van der Waals surface area contributed by atoms with Crippen LogP contribution in [0.15, 0.2) is 23.3 Å². The number of aliphatic hydroxyl groups is 1. The molecule has 1 aromatic heterocycles. The number of carbonyl (C=O) groups is 1. The van der Waals surface area contributed by atoms with Gasteiger partial charge in [0.1, 0.15) is 6.20 Å². The number of carbonyl (C=O) groups excluding carboxylic acids is 1. The van der Waals surface area contributed by atoms with E-state index in [1.54, 1.807) is 6.19 Å². The number of nitriles is 1. The van der Waals surface area contributed by atoms with Crippen LogP contribution >= 0.6 is 0 Å². The zero-order chi connectivity index (χ0) is 18.2. The minimum atomic E-state index is -0.422. The first-order chi connectivity index (χ1) is 11.3. The van der Waals surface area contributed by atoms with Crippen LogP contribution in [0.4, 0.5) is 5.82 Å². The number of aliphatic imine (C=N–C) groups is 1. The van der Waals surface area contributed by atoms with E-state index in [4.69, 9.17) is 10.4 Å². The number of anilines is 1. The van der Waals surface area contributed by atoms with Gasteiger partial charge < -0.3 is 15.6 Å².